The van der Waals surface area contributed by atoms with Crippen LogP contribution in [0.1, 0.15) is 82.6 Å². The molecule has 0 saturated heterocycles. The van der Waals surface area contributed by atoms with E-state index in [1.165, 1.54) is 12.8 Å². The first-order valence-electron chi connectivity index (χ1n) is 11.7. The Bertz CT molecular complexity index is 885. The molecule has 0 spiro atoms. The Morgan fingerprint density at radius 2 is 1.58 bits per heavy atom. The highest BCUT2D eigenvalue weighted by Crippen LogP contribution is 2.46. The van der Waals surface area contributed by atoms with Gasteiger partial charge in [0.2, 0.25) is 0 Å². The van der Waals surface area contributed by atoms with E-state index in [0.29, 0.717) is 30.9 Å². The summed E-state index contributed by atoms with van der Waals surface area (Å²) in [5, 5.41) is 3.46. The van der Waals surface area contributed by atoms with Crippen molar-refractivity contribution < 1.29 is 19.1 Å². The van der Waals surface area contributed by atoms with Gasteiger partial charge in [0.15, 0.2) is 23.1 Å². The lowest BCUT2D eigenvalue weighted by Crippen LogP contribution is -2.36. The molecule has 1 aromatic carbocycles. The van der Waals surface area contributed by atoms with Crippen LogP contribution < -0.4 is 14.8 Å². The number of ketones is 2. The first kappa shape index (κ1) is 21.7. The molecule has 3 aliphatic rings. The average Bonchev–Trinajstić information content (AvgIpc) is 2.78. The van der Waals surface area contributed by atoms with Crippen LogP contribution >= 0.6 is 0 Å². The maximum absolute atomic E-state index is 13.0. The number of hydrogen-bond donors (Lipinski definition) is 1. The lowest BCUT2D eigenvalue weighted by atomic mass is 9.71. The zero-order chi connectivity index (χ0) is 21.8. The van der Waals surface area contributed by atoms with Crippen LogP contribution in [0.15, 0.2) is 40.7 Å². The Kier molecular flexibility index (Phi) is 6.79. The van der Waals surface area contributed by atoms with Gasteiger partial charge < -0.3 is 14.8 Å². The highest BCUT2D eigenvalue weighted by Gasteiger charge is 2.40. The second kappa shape index (κ2) is 9.71. The van der Waals surface area contributed by atoms with E-state index in [-0.39, 0.29) is 17.5 Å². The van der Waals surface area contributed by atoms with E-state index in [1.807, 2.05) is 18.2 Å². The van der Waals surface area contributed by atoms with Crippen molar-refractivity contribution in [3.63, 3.8) is 0 Å². The predicted molar refractivity (Wildman–Crippen MR) is 120 cm³/mol. The fraction of sp³-hybridized carbons (Fsp3) is 0.538. The topological polar surface area (TPSA) is 64.6 Å². The molecule has 0 atom stereocenters. The molecular formula is C26H33NO4. The molecule has 1 aromatic rings. The molecule has 0 radical (unpaired) electrons. The molecule has 0 saturated carbocycles. The lowest BCUT2D eigenvalue weighted by Gasteiger charge is -2.37. The van der Waals surface area contributed by atoms with Gasteiger partial charge in [0.05, 0.1) is 13.7 Å². The van der Waals surface area contributed by atoms with Crippen molar-refractivity contribution in [2.75, 3.05) is 13.7 Å². The van der Waals surface area contributed by atoms with Gasteiger partial charge in [-0.15, -0.1) is 0 Å². The van der Waals surface area contributed by atoms with Gasteiger partial charge in [-0.25, -0.2) is 0 Å². The Morgan fingerprint density at radius 1 is 0.903 bits per heavy atom. The fourth-order valence-electron chi connectivity index (χ4n) is 5.01. The largest absolute Gasteiger partial charge is 0.493 e. The van der Waals surface area contributed by atoms with E-state index >= 15 is 0 Å². The Balaban J connectivity index is 1.67. The lowest BCUT2D eigenvalue weighted by molar-refractivity contribution is -0.116. The van der Waals surface area contributed by atoms with E-state index in [9.17, 15) is 9.59 Å². The minimum absolute atomic E-state index is 0.152. The normalized spacial score (nSPS) is 19.2. The molecule has 166 valence electrons. The second-order valence-corrected chi connectivity index (χ2v) is 8.72. The Labute approximate surface area is 184 Å². The Hall–Kier alpha value is -2.56. The zero-order valence-corrected chi connectivity index (χ0v) is 18.7. The van der Waals surface area contributed by atoms with Crippen molar-refractivity contribution in [3.8, 4) is 11.5 Å². The van der Waals surface area contributed by atoms with Crippen LogP contribution in [-0.4, -0.2) is 25.3 Å². The number of methoxy groups -OCH3 is 1. The summed E-state index contributed by atoms with van der Waals surface area (Å²) in [5.41, 5.74) is 4.49. The summed E-state index contributed by atoms with van der Waals surface area (Å²) < 4.78 is 11.6. The fourth-order valence-corrected chi connectivity index (χ4v) is 5.01. The number of carbonyl (C=O) groups excluding carboxylic acids is 2. The van der Waals surface area contributed by atoms with Gasteiger partial charge in [-0.3, -0.25) is 9.59 Å². The van der Waals surface area contributed by atoms with E-state index in [4.69, 9.17) is 9.47 Å². The zero-order valence-electron chi connectivity index (χ0n) is 18.7. The Morgan fingerprint density at radius 3 is 2.19 bits per heavy atom. The van der Waals surface area contributed by atoms with Gasteiger partial charge >= 0.3 is 0 Å². The van der Waals surface area contributed by atoms with Crippen molar-refractivity contribution in [2.45, 2.75) is 77.0 Å². The number of benzene rings is 1. The quantitative estimate of drug-likeness (QED) is 0.571. The van der Waals surface area contributed by atoms with Crippen LogP contribution in [0.4, 0.5) is 0 Å². The van der Waals surface area contributed by atoms with Crippen LogP contribution in [0.2, 0.25) is 0 Å². The van der Waals surface area contributed by atoms with Gasteiger partial charge in [0.1, 0.15) is 0 Å². The van der Waals surface area contributed by atoms with E-state index in [1.54, 1.807) is 7.11 Å². The highest BCUT2D eigenvalue weighted by molar-refractivity contribution is 6.06. The summed E-state index contributed by atoms with van der Waals surface area (Å²) in [6.07, 6.45) is 9.12. The number of hydrogen-bond acceptors (Lipinski definition) is 5. The third-order valence-electron chi connectivity index (χ3n) is 6.57. The van der Waals surface area contributed by atoms with Crippen LogP contribution in [0.25, 0.3) is 0 Å². The number of carbonyl (C=O) groups is 2. The maximum Gasteiger partial charge on any atom is 0.161 e. The summed E-state index contributed by atoms with van der Waals surface area (Å²) in [7, 11) is 1.64. The van der Waals surface area contributed by atoms with Gasteiger partial charge in [-0.05, 0) is 49.8 Å². The standard InChI is InChI=1S/C26H33NO4/c1-3-4-5-6-15-31-22-14-13-17(16-23(22)30-2)24-25-18(9-7-11-20(25)28)27-19-10-8-12-21(29)26(19)24/h13-14,16,24,27H,3-12,15H2,1-2H3. The number of unbranched alkanes of at least 4 members (excludes halogenated alkanes) is 3. The smallest absolute Gasteiger partial charge is 0.161 e. The number of dihydropyridines is 1. The first-order chi connectivity index (χ1) is 15.1. The molecule has 0 amide bonds. The molecular weight excluding hydrogens is 390 g/mol. The monoisotopic (exact) mass is 423 g/mol. The summed E-state index contributed by atoms with van der Waals surface area (Å²) in [6, 6.07) is 5.88. The summed E-state index contributed by atoms with van der Waals surface area (Å²) in [4.78, 5) is 25.9. The molecule has 0 aromatic heterocycles. The number of allylic oxidation sites excluding steroid dienone is 4. The van der Waals surface area contributed by atoms with E-state index in [2.05, 4.69) is 12.2 Å². The van der Waals surface area contributed by atoms with Crippen LogP contribution in [0.5, 0.6) is 11.5 Å². The average molecular weight is 424 g/mol. The first-order valence-corrected chi connectivity index (χ1v) is 11.7. The molecule has 5 nitrogen and oxygen atoms in total. The molecule has 4 rings (SSSR count). The van der Waals surface area contributed by atoms with Crippen LogP contribution in [-0.2, 0) is 9.59 Å². The van der Waals surface area contributed by atoms with Crippen LogP contribution in [0.3, 0.4) is 0 Å². The number of rotatable bonds is 8. The SMILES string of the molecule is CCCCCCOc1ccc(C2C3=C(CCCC3=O)NC3=C2C(=O)CCC3)cc1OC. The minimum atomic E-state index is -0.306. The van der Waals surface area contributed by atoms with E-state index < -0.39 is 0 Å². The predicted octanol–water partition coefficient (Wildman–Crippen LogP) is 5.36. The molecule has 1 aliphatic heterocycles. The third kappa shape index (κ3) is 4.41. The van der Waals surface area contributed by atoms with Crippen molar-refractivity contribution >= 4 is 11.6 Å². The molecule has 1 N–H and O–H groups in total. The molecule has 0 unspecified atom stereocenters. The van der Waals surface area contributed by atoms with Crippen molar-refractivity contribution in [2.24, 2.45) is 0 Å². The highest BCUT2D eigenvalue weighted by atomic mass is 16.5. The molecule has 0 bridgehead atoms. The van der Waals surface area contributed by atoms with Gasteiger partial charge in [-0.1, -0.05) is 32.3 Å². The molecule has 31 heavy (non-hydrogen) atoms. The van der Waals surface area contributed by atoms with Crippen molar-refractivity contribution in [3.05, 3.63) is 46.3 Å². The number of nitrogens with one attached hydrogen (secondary N) is 1. The summed E-state index contributed by atoms with van der Waals surface area (Å²) in [5.74, 6) is 1.37. The maximum atomic E-state index is 13.0. The molecule has 5 heteroatoms. The van der Waals surface area contributed by atoms with Crippen molar-refractivity contribution in [1.82, 2.24) is 5.32 Å². The van der Waals surface area contributed by atoms with Gasteiger partial charge in [0.25, 0.3) is 0 Å². The van der Waals surface area contributed by atoms with Crippen LogP contribution in [0, 0.1) is 0 Å². The van der Waals surface area contributed by atoms with Gasteiger partial charge in [0, 0.05) is 41.3 Å². The van der Waals surface area contributed by atoms with E-state index in [0.717, 1.165) is 66.6 Å². The van der Waals surface area contributed by atoms with Crippen molar-refractivity contribution in [1.29, 1.82) is 0 Å². The molecule has 1 heterocycles. The summed E-state index contributed by atoms with van der Waals surface area (Å²) >= 11 is 0. The second-order valence-electron chi connectivity index (χ2n) is 8.72. The third-order valence-corrected chi connectivity index (χ3v) is 6.57. The van der Waals surface area contributed by atoms with Gasteiger partial charge in [-0.2, -0.15) is 0 Å². The number of Topliss-reactive ketones (excluding diaryl/α,β-unsaturated/α-hetero) is 2. The molecule has 0 fully saturated rings. The number of ether oxygens (including phenoxy) is 2. The molecule has 2 aliphatic carbocycles. The summed E-state index contributed by atoms with van der Waals surface area (Å²) in [6.45, 7) is 2.85. The minimum Gasteiger partial charge on any atom is -0.493 e.